The van der Waals surface area contributed by atoms with E-state index in [1.807, 2.05) is 0 Å². The number of carbonyl (C=O) groups excluding carboxylic acids is 3. The van der Waals surface area contributed by atoms with Gasteiger partial charge in [-0.05, 0) is 213 Å². The second kappa shape index (κ2) is 19.2. The first kappa shape index (κ1) is 57.7. The van der Waals surface area contributed by atoms with Crippen molar-refractivity contribution in [1.82, 2.24) is 19.9 Å². The molecule has 12 heteroatoms. The van der Waals surface area contributed by atoms with E-state index in [2.05, 4.69) is 105 Å². The van der Waals surface area contributed by atoms with E-state index in [4.69, 9.17) is 9.47 Å². The molecule has 7 saturated carbocycles. The summed E-state index contributed by atoms with van der Waals surface area (Å²) in [6.45, 7) is 15.5. The van der Waals surface area contributed by atoms with Crippen molar-refractivity contribution >= 4 is 28.4 Å². The molecule has 3 aliphatic heterocycles. The van der Waals surface area contributed by atoms with Gasteiger partial charge in [-0.25, -0.2) is 0 Å². The van der Waals surface area contributed by atoms with Crippen LogP contribution in [-0.4, -0.2) is 97.4 Å². The van der Waals surface area contributed by atoms with Crippen LogP contribution in [0.25, 0.3) is 11.0 Å². The van der Waals surface area contributed by atoms with Gasteiger partial charge in [-0.3, -0.25) is 14.4 Å². The third-order valence-corrected chi connectivity index (χ3v) is 29.7. The van der Waals surface area contributed by atoms with Gasteiger partial charge in [0.25, 0.3) is 0 Å². The molecule has 6 heterocycles. The Morgan fingerprint density at radius 1 is 0.818 bits per heavy atom. The lowest BCUT2D eigenvalue weighted by molar-refractivity contribution is -0.308. The van der Waals surface area contributed by atoms with Gasteiger partial charge < -0.3 is 44.6 Å². The van der Waals surface area contributed by atoms with Crippen LogP contribution in [0.15, 0.2) is 47.9 Å². The van der Waals surface area contributed by atoms with E-state index >= 15 is 19.5 Å². The van der Waals surface area contributed by atoms with Crippen molar-refractivity contribution in [2.24, 2.45) is 55.7 Å². The van der Waals surface area contributed by atoms with Gasteiger partial charge in [0, 0.05) is 104 Å². The fourth-order valence-corrected chi connectivity index (χ4v) is 26.3. The number of aliphatic hydroxyl groups excluding tert-OH is 2. The number of nitrogens with one attached hydrogen (secondary N) is 3. The minimum absolute atomic E-state index is 0.0653. The minimum atomic E-state index is -1.04. The first-order valence-corrected chi connectivity index (χ1v) is 35.5. The maximum Gasteiger partial charge on any atom is 0.160 e. The predicted octanol–water partition coefficient (Wildman–Crippen LogP) is 13.1. The molecule has 3 spiro atoms. The number of H-pyrrole nitrogens is 2. The number of carbonyl (C=O) groups is 3. The van der Waals surface area contributed by atoms with Crippen molar-refractivity contribution < 1.29 is 39.2 Å². The second-order valence-electron chi connectivity index (χ2n) is 33.9. The van der Waals surface area contributed by atoms with Crippen LogP contribution in [0.3, 0.4) is 0 Å². The van der Waals surface area contributed by atoms with Gasteiger partial charge >= 0.3 is 0 Å². The molecule has 3 aromatic heterocycles. The summed E-state index contributed by atoms with van der Waals surface area (Å²) in [6.07, 6.45) is 26.4. The summed E-state index contributed by atoms with van der Waals surface area (Å²) in [5.41, 5.74) is 7.90. The highest BCUT2D eigenvalue weighted by molar-refractivity contribution is 6.02. The van der Waals surface area contributed by atoms with Crippen molar-refractivity contribution in [2.75, 3.05) is 20.3 Å². The Labute approximate surface area is 521 Å². The molecule has 16 atom stereocenters. The molecular formula is C76H100N4O8. The second-order valence-corrected chi connectivity index (χ2v) is 33.9. The van der Waals surface area contributed by atoms with Gasteiger partial charge in [0.2, 0.25) is 0 Å². The molecule has 16 unspecified atom stereocenters. The predicted molar refractivity (Wildman–Crippen MR) is 338 cm³/mol. The standard InChI is InChI=1S/C76H100N4O8/c1-68(2)66(88-68)55(83)36-69(3)25-19-44-38-79-61-50(56-49-32-45(42-14-9-8-10-15-42)33-52(47(49)17-18-53(56)81)76(86)27-30-87-31-28-76)39-80(62(44)61)40-51-57-59(69)54(82)37-70(57,4)71(5)41-73(22-11-12-23-73)67-72(6,64(71)63(51)84)75-26-20-43(34-75)60-48(21-29-78-60)58(75)65(85)74(67)24-13-16-46(35-74)77-7/h21,29,32-33,38-39,42-43,46,51,55-56,58,63-64,66-67,77-79,83-84,86H,8-20,22-28,30-31,34-37,40-41H2,1-7H3. The zero-order chi connectivity index (χ0) is 60.7. The maximum absolute atomic E-state index is 17.0. The average Bonchev–Trinajstić information content (AvgIpc) is 1.11. The first-order valence-electron chi connectivity index (χ1n) is 35.5. The molecule has 88 heavy (non-hydrogen) atoms. The Morgan fingerprint density at radius 2 is 1.59 bits per heavy atom. The van der Waals surface area contributed by atoms with Crippen LogP contribution in [0, 0.1) is 55.7 Å². The molecule has 2 bridgehead atoms. The summed E-state index contributed by atoms with van der Waals surface area (Å²) in [7, 11) is 2.11. The lowest BCUT2D eigenvalue weighted by Crippen LogP contribution is -2.78. The molecule has 13 aliphatic rings. The van der Waals surface area contributed by atoms with Gasteiger partial charge in [0.15, 0.2) is 5.78 Å². The topological polar surface area (TPSA) is 182 Å². The summed E-state index contributed by atoms with van der Waals surface area (Å²) >= 11 is 0. The molecule has 0 amide bonds. The fourth-order valence-electron chi connectivity index (χ4n) is 26.3. The van der Waals surface area contributed by atoms with E-state index in [1.54, 1.807) is 0 Å². The Balaban J connectivity index is 0.892. The number of aliphatic hydroxyl groups is 3. The van der Waals surface area contributed by atoms with Crippen molar-refractivity contribution in [3.63, 3.8) is 0 Å². The number of rotatable bonds is 7. The Kier molecular flexibility index (Phi) is 12.6. The van der Waals surface area contributed by atoms with E-state index in [9.17, 15) is 10.2 Å². The van der Waals surface area contributed by atoms with Crippen LogP contribution in [-0.2, 0) is 48.8 Å². The molecule has 472 valence electrons. The van der Waals surface area contributed by atoms with Gasteiger partial charge in [-0.15, -0.1) is 0 Å². The van der Waals surface area contributed by atoms with E-state index in [-0.39, 0.29) is 46.9 Å². The number of benzene rings is 1. The average molecular weight is 1200 g/mol. The number of nitrogens with zero attached hydrogens (tertiary/aromatic N) is 1. The summed E-state index contributed by atoms with van der Waals surface area (Å²) in [6, 6.07) is 7.23. The molecule has 0 radical (unpaired) electrons. The lowest BCUT2D eigenvalue weighted by Gasteiger charge is -2.80. The highest BCUT2D eigenvalue weighted by Crippen LogP contribution is 2.88. The number of epoxide rings is 1. The molecule has 10 aliphatic carbocycles. The Morgan fingerprint density at radius 3 is 2.34 bits per heavy atom. The largest absolute Gasteiger partial charge is 0.392 e. The molecule has 6 N–H and O–H groups in total. The van der Waals surface area contributed by atoms with Gasteiger partial charge in [0.1, 0.15) is 17.7 Å². The summed E-state index contributed by atoms with van der Waals surface area (Å²) in [5, 5.41) is 44.3. The number of hydrogen-bond acceptors (Lipinski definition) is 9. The summed E-state index contributed by atoms with van der Waals surface area (Å²) in [4.78, 5) is 56.4. The van der Waals surface area contributed by atoms with Crippen LogP contribution in [0.1, 0.15) is 258 Å². The quantitative estimate of drug-likeness (QED) is 0.0981. The molecular weight excluding hydrogens is 1100 g/mol. The number of allylic oxidation sites excluding steroid dienone is 1. The van der Waals surface area contributed by atoms with Gasteiger partial charge in [-0.2, -0.15) is 0 Å². The third kappa shape index (κ3) is 7.40. The highest BCUT2D eigenvalue weighted by Gasteiger charge is 2.85. The fraction of sp³-hybridized carbons (Fsp3) is 0.724. The summed E-state index contributed by atoms with van der Waals surface area (Å²) < 4.78 is 14.6. The van der Waals surface area contributed by atoms with E-state index in [1.165, 1.54) is 36.1 Å². The number of aromatic nitrogens is 3. The van der Waals surface area contributed by atoms with Crippen molar-refractivity contribution in [3.05, 3.63) is 92.6 Å². The number of Topliss-reactive ketones (excluding diaryl/α,β-unsaturated/α-hetero) is 3. The van der Waals surface area contributed by atoms with Crippen LogP contribution in [0.5, 0.6) is 0 Å². The third-order valence-electron chi connectivity index (χ3n) is 29.7. The molecule has 17 rings (SSSR count). The molecule has 9 fully saturated rings. The SMILES string of the molecule is CNC1CCCC2(C1)C(=O)C1c3cc[nH]c3C3CCC1(C3)C1(C)C2C2(CCCC2)CC2(C)C1C(O)C1Cn3cc(C4C(=O)CCc5c4cc(C4CCCCC4)cc5C4(O)CCOCC4)c4[nH]cc(c43)CCC(C)(CC(O)C3OC3(C)C)C3=C1C2(C)CC3=O. The van der Waals surface area contributed by atoms with E-state index in [0.29, 0.717) is 88.7 Å². The number of hydrogen-bond donors (Lipinski definition) is 6. The molecule has 12 nitrogen and oxygen atoms in total. The van der Waals surface area contributed by atoms with Crippen LogP contribution in [0.2, 0.25) is 0 Å². The molecule has 4 aromatic rings. The van der Waals surface area contributed by atoms with Crippen molar-refractivity contribution in [1.29, 1.82) is 0 Å². The number of fused-ring (bicyclic) bond motifs is 11. The summed E-state index contributed by atoms with van der Waals surface area (Å²) in [5.74, 6) is 0.0476. The van der Waals surface area contributed by atoms with E-state index in [0.717, 1.165) is 140 Å². The Hall–Kier alpha value is -4.17. The van der Waals surface area contributed by atoms with Gasteiger partial charge in [-0.1, -0.05) is 78.4 Å². The maximum atomic E-state index is 17.0. The smallest absolute Gasteiger partial charge is 0.160 e. The minimum Gasteiger partial charge on any atom is -0.392 e. The number of ketones is 3. The monoisotopic (exact) mass is 1200 g/mol. The zero-order valence-electron chi connectivity index (χ0n) is 53.9. The van der Waals surface area contributed by atoms with Crippen LogP contribution in [0.4, 0.5) is 0 Å². The molecule has 1 aromatic carbocycles. The molecule has 2 saturated heterocycles. The van der Waals surface area contributed by atoms with Crippen LogP contribution < -0.4 is 5.32 Å². The Bertz CT molecular complexity index is 3620. The first-order chi connectivity index (χ1) is 42.1. The normalized spacial score (nSPS) is 42.2. The zero-order valence-corrected chi connectivity index (χ0v) is 53.9. The lowest BCUT2D eigenvalue weighted by atomic mass is 9.23. The van der Waals surface area contributed by atoms with Crippen molar-refractivity contribution in [2.45, 2.75) is 268 Å². The number of aryl methyl sites for hydroxylation is 1. The van der Waals surface area contributed by atoms with Crippen molar-refractivity contribution in [3.8, 4) is 0 Å². The highest BCUT2D eigenvalue weighted by atomic mass is 16.6. The van der Waals surface area contributed by atoms with Crippen LogP contribution >= 0.6 is 0 Å². The number of ether oxygens (including phenoxy) is 2. The van der Waals surface area contributed by atoms with Gasteiger partial charge in [0.05, 0.1) is 46.3 Å². The van der Waals surface area contributed by atoms with E-state index < -0.39 is 67.7 Å². The number of aromatic amines is 2.